The lowest BCUT2D eigenvalue weighted by Gasteiger charge is -2.10. The van der Waals surface area contributed by atoms with Crippen LogP contribution in [-0.2, 0) is 17.5 Å². The molecule has 164 valence electrons. The van der Waals surface area contributed by atoms with Crippen molar-refractivity contribution in [1.29, 1.82) is 5.41 Å². The quantitative estimate of drug-likeness (QED) is 0.362. The molecule has 0 saturated carbocycles. The van der Waals surface area contributed by atoms with Gasteiger partial charge < -0.3 is 14.3 Å². The van der Waals surface area contributed by atoms with Crippen LogP contribution in [0.15, 0.2) is 41.8 Å². The largest absolute Gasteiger partial charge is 0.479 e. The van der Waals surface area contributed by atoms with Crippen LogP contribution in [0.4, 0.5) is 13.2 Å². The molecule has 0 saturated heterocycles. The lowest BCUT2D eigenvalue weighted by atomic mass is 10.1. The molecule has 0 fully saturated rings. The number of imidazole rings is 1. The van der Waals surface area contributed by atoms with Gasteiger partial charge in [0.1, 0.15) is 29.4 Å². The van der Waals surface area contributed by atoms with Crippen LogP contribution in [-0.4, -0.2) is 48.8 Å². The minimum absolute atomic E-state index is 0.00400. The van der Waals surface area contributed by atoms with Gasteiger partial charge in [0.05, 0.1) is 19.2 Å². The summed E-state index contributed by atoms with van der Waals surface area (Å²) in [6.07, 6.45) is 0.736. The number of halogens is 3. The number of aromatic nitrogens is 6. The van der Waals surface area contributed by atoms with Crippen molar-refractivity contribution in [3.05, 3.63) is 59.8 Å². The fourth-order valence-electron chi connectivity index (χ4n) is 3.30. The predicted octanol–water partition coefficient (Wildman–Crippen LogP) is 3.59. The number of nitrogens with one attached hydrogen (secondary N) is 2. The zero-order valence-electron chi connectivity index (χ0n) is 17.0. The summed E-state index contributed by atoms with van der Waals surface area (Å²) in [6, 6.07) is 4.46. The fourth-order valence-corrected chi connectivity index (χ4v) is 3.30. The molecule has 32 heavy (non-hydrogen) atoms. The summed E-state index contributed by atoms with van der Waals surface area (Å²) in [5.74, 6) is 0.791. The van der Waals surface area contributed by atoms with E-state index in [-0.39, 0.29) is 18.3 Å². The van der Waals surface area contributed by atoms with Crippen molar-refractivity contribution in [2.24, 2.45) is 4.99 Å². The Kier molecular flexibility index (Phi) is 5.43. The van der Waals surface area contributed by atoms with Gasteiger partial charge in [-0.25, -0.2) is 24.9 Å². The minimum atomic E-state index is -4.56. The highest BCUT2D eigenvalue weighted by Crippen LogP contribution is 2.29. The highest BCUT2D eigenvalue weighted by atomic mass is 19.4. The van der Waals surface area contributed by atoms with Crippen LogP contribution >= 0.6 is 0 Å². The van der Waals surface area contributed by atoms with Crippen LogP contribution in [0.25, 0.3) is 22.3 Å². The molecule has 0 spiro atoms. The molecule has 0 aromatic carbocycles. The summed E-state index contributed by atoms with van der Waals surface area (Å²) in [5, 5.41) is 7.20. The van der Waals surface area contributed by atoms with E-state index in [4.69, 9.17) is 10.1 Å². The van der Waals surface area contributed by atoms with Gasteiger partial charge in [0.25, 0.3) is 0 Å². The number of methoxy groups -OCH3 is 1. The molecule has 4 aromatic heterocycles. The zero-order valence-corrected chi connectivity index (χ0v) is 17.0. The number of hydrogen-bond acceptors (Lipinski definition) is 6. The van der Waals surface area contributed by atoms with Crippen molar-refractivity contribution in [2.45, 2.75) is 19.6 Å². The standard InChI is InChI=1S/C20H17F3N8O/c1-11-29-18-14(31(11)9-16-25-6-4-15(30-16)20(21,22)23)7-12(8-27-18)13-3-5-26-17(13)19(32-2)28-10-24/h3-8,10,24,26H,9H2,1-2H3. The molecular weight excluding hydrogens is 425 g/mol. The molecule has 0 unspecified atom stereocenters. The molecule has 0 aliphatic rings. The molecule has 4 rings (SSSR count). The molecule has 2 N–H and O–H groups in total. The van der Waals surface area contributed by atoms with Gasteiger partial charge in [-0.05, 0) is 25.1 Å². The Bertz CT molecular complexity index is 1320. The Balaban J connectivity index is 1.78. The van der Waals surface area contributed by atoms with E-state index in [1.54, 1.807) is 30.0 Å². The summed E-state index contributed by atoms with van der Waals surface area (Å²) >= 11 is 0. The number of hydrogen-bond donors (Lipinski definition) is 2. The van der Waals surface area contributed by atoms with Crippen molar-refractivity contribution in [2.75, 3.05) is 7.11 Å². The first-order chi connectivity index (χ1) is 15.3. The number of aryl methyl sites for hydroxylation is 1. The number of aromatic amines is 1. The van der Waals surface area contributed by atoms with Crippen LogP contribution in [0.5, 0.6) is 0 Å². The maximum atomic E-state index is 13.0. The molecule has 0 amide bonds. The van der Waals surface area contributed by atoms with Crippen molar-refractivity contribution in [1.82, 2.24) is 29.5 Å². The maximum absolute atomic E-state index is 13.0. The SMILES string of the molecule is COC(=NC=N)c1[nH]ccc1-c1cnc2nc(C)n(Cc3nccc(C(F)(F)F)n3)c2c1. The number of H-pyrrole nitrogens is 1. The number of pyridine rings is 1. The predicted molar refractivity (Wildman–Crippen MR) is 111 cm³/mol. The lowest BCUT2D eigenvalue weighted by molar-refractivity contribution is -0.141. The van der Waals surface area contributed by atoms with E-state index >= 15 is 0 Å². The number of aliphatic imine (C=N–C) groups is 1. The third kappa shape index (κ3) is 3.94. The molecule has 0 atom stereocenters. The van der Waals surface area contributed by atoms with Gasteiger partial charge in [-0.1, -0.05) is 0 Å². The van der Waals surface area contributed by atoms with Crippen LogP contribution in [0.3, 0.4) is 0 Å². The molecule has 0 bridgehead atoms. The second kappa shape index (κ2) is 8.21. The topological polar surface area (TPSA) is 118 Å². The first-order valence-corrected chi connectivity index (χ1v) is 9.32. The number of nitrogens with zero attached hydrogens (tertiary/aromatic N) is 6. The second-order valence-electron chi connectivity index (χ2n) is 6.70. The highest BCUT2D eigenvalue weighted by molar-refractivity contribution is 6.02. The van der Waals surface area contributed by atoms with E-state index in [0.717, 1.165) is 24.2 Å². The molecule has 4 aromatic rings. The normalized spacial score (nSPS) is 12.3. The van der Waals surface area contributed by atoms with Gasteiger partial charge in [-0.2, -0.15) is 13.2 Å². The first-order valence-electron chi connectivity index (χ1n) is 9.32. The minimum Gasteiger partial charge on any atom is -0.479 e. The van der Waals surface area contributed by atoms with Crippen molar-refractivity contribution in [3.8, 4) is 11.1 Å². The molecule has 4 heterocycles. The van der Waals surface area contributed by atoms with Crippen molar-refractivity contribution >= 4 is 23.4 Å². The number of rotatable bonds is 5. The Morgan fingerprint density at radius 1 is 1.28 bits per heavy atom. The van der Waals surface area contributed by atoms with Gasteiger partial charge in [0, 0.05) is 29.7 Å². The van der Waals surface area contributed by atoms with E-state index in [9.17, 15) is 13.2 Å². The van der Waals surface area contributed by atoms with E-state index in [0.29, 0.717) is 28.2 Å². The van der Waals surface area contributed by atoms with Crippen molar-refractivity contribution < 1.29 is 17.9 Å². The van der Waals surface area contributed by atoms with Gasteiger partial charge in [-0.15, -0.1) is 0 Å². The van der Waals surface area contributed by atoms with Gasteiger partial charge in [0.15, 0.2) is 5.65 Å². The summed E-state index contributed by atoms with van der Waals surface area (Å²) in [5.41, 5.74) is 2.03. The summed E-state index contributed by atoms with van der Waals surface area (Å²) in [6.45, 7) is 1.73. The van der Waals surface area contributed by atoms with Crippen LogP contribution < -0.4 is 0 Å². The molecular formula is C20H17F3N8O. The Morgan fingerprint density at radius 2 is 2.09 bits per heavy atom. The maximum Gasteiger partial charge on any atom is 0.433 e. The summed E-state index contributed by atoms with van der Waals surface area (Å²) < 4.78 is 46.0. The fraction of sp³-hybridized carbons (Fsp3) is 0.200. The Hall–Kier alpha value is -4.09. The van der Waals surface area contributed by atoms with E-state index < -0.39 is 11.9 Å². The van der Waals surface area contributed by atoms with Gasteiger partial charge >= 0.3 is 6.18 Å². The second-order valence-corrected chi connectivity index (χ2v) is 6.70. The third-order valence-corrected chi connectivity index (χ3v) is 4.74. The van der Waals surface area contributed by atoms with Crippen molar-refractivity contribution in [3.63, 3.8) is 0 Å². The molecule has 0 radical (unpaired) electrons. The third-order valence-electron chi connectivity index (χ3n) is 4.74. The Labute approximate surface area is 179 Å². The monoisotopic (exact) mass is 442 g/mol. The average molecular weight is 442 g/mol. The summed E-state index contributed by atoms with van der Waals surface area (Å²) in [4.78, 5) is 23.3. The molecule has 9 nitrogen and oxygen atoms in total. The van der Waals surface area contributed by atoms with E-state index in [2.05, 4.69) is 29.9 Å². The molecule has 12 heteroatoms. The van der Waals surface area contributed by atoms with Crippen LogP contribution in [0.1, 0.15) is 23.0 Å². The van der Waals surface area contributed by atoms with Gasteiger partial charge in [0.2, 0.25) is 5.90 Å². The lowest BCUT2D eigenvalue weighted by Crippen LogP contribution is -2.13. The smallest absolute Gasteiger partial charge is 0.433 e. The van der Waals surface area contributed by atoms with Gasteiger partial charge in [-0.3, -0.25) is 5.41 Å². The average Bonchev–Trinajstić information content (AvgIpc) is 3.36. The molecule has 0 aliphatic heterocycles. The Morgan fingerprint density at radius 3 is 2.81 bits per heavy atom. The number of alkyl halides is 3. The summed E-state index contributed by atoms with van der Waals surface area (Å²) in [7, 11) is 1.45. The zero-order chi connectivity index (χ0) is 22.9. The van der Waals surface area contributed by atoms with Crippen LogP contribution in [0.2, 0.25) is 0 Å². The van der Waals surface area contributed by atoms with Crippen LogP contribution in [0, 0.1) is 12.3 Å². The van der Waals surface area contributed by atoms with E-state index in [1.807, 2.05) is 6.07 Å². The molecule has 0 aliphatic carbocycles. The number of fused-ring (bicyclic) bond motifs is 1. The highest BCUT2D eigenvalue weighted by Gasteiger charge is 2.32. The van der Waals surface area contributed by atoms with E-state index in [1.165, 1.54) is 7.11 Å². The number of ether oxygens (including phenoxy) is 1. The first kappa shape index (κ1) is 21.2.